The third-order valence-electron chi connectivity index (χ3n) is 2.90. The Morgan fingerprint density at radius 3 is 2.58 bits per heavy atom. The number of hydrogen-bond acceptors (Lipinski definition) is 4. The zero-order valence-corrected chi connectivity index (χ0v) is 12.4. The van der Waals surface area contributed by atoms with E-state index in [1.54, 1.807) is 0 Å². The first-order valence-electron chi connectivity index (χ1n) is 6.51. The number of rotatable bonds is 8. The molecule has 1 rings (SSSR count). The number of nitrogens with two attached hydrogens (primary N) is 1. The Balaban J connectivity index is 2.33. The van der Waals surface area contributed by atoms with Crippen molar-refractivity contribution >= 4 is 17.6 Å². The van der Waals surface area contributed by atoms with Gasteiger partial charge in [0.2, 0.25) is 0 Å². The van der Waals surface area contributed by atoms with E-state index in [4.69, 9.17) is 10.9 Å². The van der Waals surface area contributed by atoms with E-state index in [2.05, 4.69) is 48.2 Å². The first-order chi connectivity index (χ1) is 9.13. The third-order valence-corrected chi connectivity index (χ3v) is 3.90. The maximum Gasteiger partial charge on any atom is 0.140 e. The summed E-state index contributed by atoms with van der Waals surface area (Å²) in [5.74, 6) is 1.33. The topological polar surface area (TPSA) is 61.8 Å². The standard InChI is InChI=1S/C14H23N3OS/c1-12(2)17(9-8-14(15)16-18)10-11-19-13-6-4-3-5-7-13/h3-7,12,18H,8-11H2,1-2H3,(H2,15,16). The van der Waals surface area contributed by atoms with Crippen molar-refractivity contribution in [3.63, 3.8) is 0 Å². The van der Waals surface area contributed by atoms with Gasteiger partial charge in [0, 0.05) is 36.2 Å². The van der Waals surface area contributed by atoms with Gasteiger partial charge in [-0.05, 0) is 26.0 Å². The molecule has 5 heteroatoms. The smallest absolute Gasteiger partial charge is 0.140 e. The summed E-state index contributed by atoms with van der Waals surface area (Å²) in [6, 6.07) is 10.9. The van der Waals surface area contributed by atoms with Crippen molar-refractivity contribution in [3.8, 4) is 0 Å². The lowest BCUT2D eigenvalue weighted by atomic mass is 10.3. The van der Waals surface area contributed by atoms with Crippen LogP contribution in [0, 0.1) is 0 Å². The molecule has 0 bridgehead atoms. The van der Waals surface area contributed by atoms with E-state index in [1.807, 2.05) is 17.8 Å². The van der Waals surface area contributed by atoms with Crippen LogP contribution < -0.4 is 5.73 Å². The SMILES string of the molecule is CC(C)N(CCSc1ccccc1)CCC(N)=NO. The van der Waals surface area contributed by atoms with Gasteiger partial charge < -0.3 is 10.9 Å². The van der Waals surface area contributed by atoms with Gasteiger partial charge in [0.25, 0.3) is 0 Å². The number of nitrogens with zero attached hydrogens (tertiary/aromatic N) is 2. The van der Waals surface area contributed by atoms with Crippen LogP contribution in [0.25, 0.3) is 0 Å². The second kappa shape index (κ2) is 8.82. The zero-order valence-electron chi connectivity index (χ0n) is 11.6. The van der Waals surface area contributed by atoms with E-state index in [0.717, 1.165) is 18.8 Å². The molecule has 0 saturated carbocycles. The van der Waals surface area contributed by atoms with Crippen LogP contribution >= 0.6 is 11.8 Å². The Bertz CT molecular complexity index is 382. The molecule has 0 aliphatic heterocycles. The minimum atomic E-state index is 0.293. The summed E-state index contributed by atoms with van der Waals surface area (Å²) < 4.78 is 0. The molecular weight excluding hydrogens is 258 g/mol. The molecule has 3 N–H and O–H groups in total. The molecule has 106 valence electrons. The fourth-order valence-corrected chi connectivity index (χ4v) is 2.64. The van der Waals surface area contributed by atoms with E-state index >= 15 is 0 Å². The molecule has 0 spiro atoms. The molecule has 0 heterocycles. The molecule has 0 amide bonds. The number of oxime groups is 1. The Morgan fingerprint density at radius 1 is 1.32 bits per heavy atom. The fourth-order valence-electron chi connectivity index (χ4n) is 1.73. The van der Waals surface area contributed by atoms with Gasteiger partial charge >= 0.3 is 0 Å². The van der Waals surface area contributed by atoms with Crippen LogP contribution in [0.3, 0.4) is 0 Å². The van der Waals surface area contributed by atoms with Crippen molar-refractivity contribution in [2.75, 3.05) is 18.8 Å². The van der Waals surface area contributed by atoms with Gasteiger partial charge in [-0.15, -0.1) is 11.8 Å². The van der Waals surface area contributed by atoms with Crippen LogP contribution in [0.5, 0.6) is 0 Å². The minimum absolute atomic E-state index is 0.293. The first-order valence-corrected chi connectivity index (χ1v) is 7.50. The molecule has 0 aromatic heterocycles. The van der Waals surface area contributed by atoms with Crippen molar-refractivity contribution in [2.45, 2.75) is 31.2 Å². The molecular formula is C14H23N3OS. The number of hydrogen-bond donors (Lipinski definition) is 2. The van der Waals surface area contributed by atoms with E-state index in [9.17, 15) is 0 Å². The summed E-state index contributed by atoms with van der Waals surface area (Å²) in [7, 11) is 0. The average molecular weight is 281 g/mol. The second-order valence-corrected chi connectivity index (χ2v) is 5.80. The molecule has 0 unspecified atom stereocenters. The zero-order chi connectivity index (χ0) is 14.1. The van der Waals surface area contributed by atoms with E-state index in [1.165, 1.54) is 4.90 Å². The number of amidine groups is 1. The first kappa shape index (κ1) is 15.9. The molecule has 4 nitrogen and oxygen atoms in total. The molecule has 19 heavy (non-hydrogen) atoms. The molecule has 0 aliphatic carbocycles. The van der Waals surface area contributed by atoms with E-state index < -0.39 is 0 Å². The van der Waals surface area contributed by atoms with Crippen molar-refractivity contribution < 1.29 is 5.21 Å². The molecule has 0 radical (unpaired) electrons. The van der Waals surface area contributed by atoms with Gasteiger partial charge in [-0.1, -0.05) is 23.4 Å². The number of thioether (sulfide) groups is 1. The Labute approximate surface area is 119 Å². The van der Waals surface area contributed by atoms with Crippen LogP contribution in [0.4, 0.5) is 0 Å². The molecule has 0 saturated heterocycles. The maximum atomic E-state index is 8.55. The summed E-state index contributed by atoms with van der Waals surface area (Å²) in [6.45, 7) is 6.15. The van der Waals surface area contributed by atoms with Gasteiger partial charge in [0.1, 0.15) is 5.84 Å². The highest BCUT2D eigenvalue weighted by atomic mass is 32.2. The summed E-state index contributed by atoms with van der Waals surface area (Å²) in [4.78, 5) is 3.64. The van der Waals surface area contributed by atoms with E-state index in [-0.39, 0.29) is 0 Å². The highest BCUT2D eigenvalue weighted by Crippen LogP contribution is 2.17. The molecule has 1 aromatic carbocycles. The highest BCUT2D eigenvalue weighted by molar-refractivity contribution is 7.99. The van der Waals surface area contributed by atoms with Crippen LogP contribution in [-0.4, -0.2) is 40.8 Å². The summed E-state index contributed by atoms with van der Waals surface area (Å²) in [5, 5.41) is 11.6. The fraction of sp³-hybridized carbons (Fsp3) is 0.500. The average Bonchev–Trinajstić information content (AvgIpc) is 2.42. The van der Waals surface area contributed by atoms with Crippen LogP contribution in [0.2, 0.25) is 0 Å². The van der Waals surface area contributed by atoms with Crippen molar-refractivity contribution in [1.82, 2.24) is 4.90 Å². The van der Waals surface area contributed by atoms with Crippen LogP contribution in [-0.2, 0) is 0 Å². The normalized spacial score (nSPS) is 12.3. The number of benzene rings is 1. The summed E-state index contributed by atoms with van der Waals surface area (Å²) in [6.07, 6.45) is 0.602. The van der Waals surface area contributed by atoms with Crippen LogP contribution in [0.15, 0.2) is 40.4 Å². The lowest BCUT2D eigenvalue weighted by molar-refractivity contribution is 0.240. The summed E-state index contributed by atoms with van der Waals surface area (Å²) >= 11 is 1.85. The van der Waals surface area contributed by atoms with Gasteiger partial charge in [-0.3, -0.25) is 4.90 Å². The Kier molecular flexibility index (Phi) is 7.36. The monoisotopic (exact) mass is 281 g/mol. The maximum absolute atomic E-state index is 8.55. The Hall–Kier alpha value is -1.20. The van der Waals surface area contributed by atoms with Gasteiger partial charge in [-0.25, -0.2) is 0 Å². The quantitative estimate of drug-likeness (QED) is 0.253. The van der Waals surface area contributed by atoms with Gasteiger partial charge in [-0.2, -0.15) is 0 Å². The molecule has 1 aromatic rings. The van der Waals surface area contributed by atoms with E-state index in [0.29, 0.717) is 18.3 Å². The van der Waals surface area contributed by atoms with Crippen molar-refractivity contribution in [1.29, 1.82) is 0 Å². The van der Waals surface area contributed by atoms with Gasteiger partial charge in [0.05, 0.1) is 0 Å². The Morgan fingerprint density at radius 2 is 2.00 bits per heavy atom. The molecule has 0 fully saturated rings. The lowest BCUT2D eigenvalue weighted by Gasteiger charge is -2.26. The second-order valence-electron chi connectivity index (χ2n) is 4.63. The summed E-state index contributed by atoms with van der Waals surface area (Å²) in [5.41, 5.74) is 5.51. The van der Waals surface area contributed by atoms with Crippen LogP contribution in [0.1, 0.15) is 20.3 Å². The molecule has 0 atom stereocenters. The van der Waals surface area contributed by atoms with Gasteiger partial charge in [0.15, 0.2) is 0 Å². The highest BCUT2D eigenvalue weighted by Gasteiger charge is 2.10. The van der Waals surface area contributed by atoms with Crippen molar-refractivity contribution in [3.05, 3.63) is 30.3 Å². The predicted molar refractivity (Wildman–Crippen MR) is 81.9 cm³/mol. The lowest BCUT2D eigenvalue weighted by Crippen LogP contribution is -2.35. The minimum Gasteiger partial charge on any atom is -0.409 e. The van der Waals surface area contributed by atoms with Crippen molar-refractivity contribution in [2.24, 2.45) is 10.9 Å². The molecule has 0 aliphatic rings. The third kappa shape index (κ3) is 6.50. The largest absolute Gasteiger partial charge is 0.409 e. The predicted octanol–water partition coefficient (Wildman–Crippen LogP) is 2.63.